The van der Waals surface area contributed by atoms with Crippen LogP contribution in [-0.2, 0) is 11.3 Å². The zero-order chi connectivity index (χ0) is 18.5. The van der Waals surface area contributed by atoms with Gasteiger partial charge in [0.2, 0.25) is 5.91 Å². The molecule has 0 saturated carbocycles. The van der Waals surface area contributed by atoms with Gasteiger partial charge in [-0.1, -0.05) is 12.1 Å². The highest BCUT2D eigenvalue weighted by atomic mass is 16.5. The number of carbonyl (C=O) groups excluding carboxylic acids is 2. The molecule has 136 valence electrons. The Hall–Kier alpha value is -3.09. The van der Waals surface area contributed by atoms with Crippen LogP contribution in [0, 0.1) is 0 Å². The van der Waals surface area contributed by atoms with Crippen molar-refractivity contribution < 1.29 is 14.3 Å². The zero-order valence-electron chi connectivity index (χ0n) is 14.9. The number of aromatic nitrogens is 1. The van der Waals surface area contributed by atoms with E-state index in [9.17, 15) is 9.59 Å². The summed E-state index contributed by atoms with van der Waals surface area (Å²) in [4.78, 5) is 32.7. The van der Waals surface area contributed by atoms with Crippen LogP contribution >= 0.6 is 0 Å². The number of hydrogen-bond donors (Lipinski definition) is 1. The number of amides is 2. The van der Waals surface area contributed by atoms with Crippen LogP contribution in [0.25, 0.3) is 0 Å². The van der Waals surface area contributed by atoms with Gasteiger partial charge in [-0.3, -0.25) is 9.59 Å². The minimum absolute atomic E-state index is 0.0673. The Morgan fingerprint density at radius 1 is 1.27 bits per heavy atom. The van der Waals surface area contributed by atoms with Crippen LogP contribution < -0.4 is 10.1 Å². The number of methoxy groups -OCH3 is 1. The molecule has 1 aliphatic rings. The molecule has 0 bridgehead atoms. The first-order valence-corrected chi connectivity index (χ1v) is 8.45. The van der Waals surface area contributed by atoms with Crippen molar-refractivity contribution in [2.45, 2.75) is 6.54 Å². The number of carbonyl (C=O) groups is 2. The lowest BCUT2D eigenvalue weighted by molar-refractivity contribution is -0.135. The van der Waals surface area contributed by atoms with Crippen molar-refractivity contribution in [1.82, 2.24) is 14.8 Å². The fourth-order valence-corrected chi connectivity index (χ4v) is 2.99. The predicted molar refractivity (Wildman–Crippen MR) is 98.1 cm³/mol. The minimum atomic E-state index is -0.183. The lowest BCUT2D eigenvalue weighted by atomic mass is 10.1. The number of rotatable bonds is 5. The molecule has 2 aromatic rings. The van der Waals surface area contributed by atoms with Crippen molar-refractivity contribution >= 4 is 17.6 Å². The zero-order valence-corrected chi connectivity index (χ0v) is 14.9. The molecular weight excluding hydrogens is 332 g/mol. The first-order valence-electron chi connectivity index (χ1n) is 8.45. The largest absolute Gasteiger partial charge is 0.497 e. The van der Waals surface area contributed by atoms with Crippen LogP contribution in [0.4, 0.5) is 5.82 Å². The molecule has 1 aromatic carbocycles. The third-order valence-electron chi connectivity index (χ3n) is 4.39. The van der Waals surface area contributed by atoms with Gasteiger partial charge < -0.3 is 19.9 Å². The fourth-order valence-electron chi connectivity index (χ4n) is 2.99. The first kappa shape index (κ1) is 17.7. The summed E-state index contributed by atoms with van der Waals surface area (Å²) in [5.41, 5.74) is 1.48. The summed E-state index contributed by atoms with van der Waals surface area (Å²) in [7, 11) is 3.34. The van der Waals surface area contributed by atoms with Crippen molar-refractivity contribution in [3.63, 3.8) is 0 Å². The minimum Gasteiger partial charge on any atom is -0.497 e. The Morgan fingerprint density at radius 3 is 2.85 bits per heavy atom. The Bertz CT molecular complexity index is 809. The summed E-state index contributed by atoms with van der Waals surface area (Å²) in [6, 6.07) is 11.1. The molecule has 0 atom stereocenters. The Balaban J connectivity index is 1.66. The maximum Gasteiger partial charge on any atom is 0.258 e. The lowest BCUT2D eigenvalue weighted by Crippen LogP contribution is -2.51. The van der Waals surface area contributed by atoms with Crippen molar-refractivity contribution in [1.29, 1.82) is 0 Å². The Labute approximate surface area is 152 Å². The van der Waals surface area contributed by atoms with E-state index in [1.165, 1.54) is 0 Å². The monoisotopic (exact) mass is 354 g/mol. The highest BCUT2D eigenvalue weighted by Crippen LogP contribution is 2.18. The van der Waals surface area contributed by atoms with Gasteiger partial charge in [0, 0.05) is 32.9 Å². The number of nitrogens with zero attached hydrogens (tertiary/aromatic N) is 3. The molecule has 2 amide bonds. The number of piperazine rings is 1. The van der Waals surface area contributed by atoms with Crippen LogP contribution in [-0.4, -0.2) is 60.4 Å². The second-order valence-electron chi connectivity index (χ2n) is 6.04. The van der Waals surface area contributed by atoms with Gasteiger partial charge in [-0.25, -0.2) is 4.98 Å². The lowest BCUT2D eigenvalue weighted by Gasteiger charge is -2.34. The van der Waals surface area contributed by atoms with Crippen LogP contribution in [0.2, 0.25) is 0 Å². The second-order valence-corrected chi connectivity index (χ2v) is 6.04. The number of benzene rings is 1. The maximum atomic E-state index is 12.7. The topological polar surface area (TPSA) is 74.8 Å². The van der Waals surface area contributed by atoms with Gasteiger partial charge in [-0.2, -0.15) is 0 Å². The molecule has 1 aliphatic heterocycles. The molecule has 26 heavy (non-hydrogen) atoms. The van der Waals surface area contributed by atoms with E-state index in [0.29, 0.717) is 31.0 Å². The number of anilines is 1. The summed E-state index contributed by atoms with van der Waals surface area (Å²) in [5, 5.41) is 2.91. The molecule has 0 aliphatic carbocycles. The molecule has 0 radical (unpaired) electrons. The molecular formula is C19H22N4O3. The van der Waals surface area contributed by atoms with E-state index in [0.717, 1.165) is 11.3 Å². The molecule has 2 heterocycles. The Morgan fingerprint density at radius 2 is 2.12 bits per heavy atom. The molecule has 1 aromatic heterocycles. The summed E-state index contributed by atoms with van der Waals surface area (Å²) in [6.45, 7) is 1.57. The molecule has 1 saturated heterocycles. The molecule has 7 nitrogen and oxygen atoms in total. The fraction of sp³-hybridized carbons (Fsp3) is 0.316. The smallest absolute Gasteiger partial charge is 0.258 e. The third-order valence-corrected chi connectivity index (χ3v) is 4.39. The van der Waals surface area contributed by atoms with Crippen molar-refractivity contribution in [3.8, 4) is 5.75 Å². The molecule has 7 heteroatoms. The van der Waals surface area contributed by atoms with Gasteiger partial charge in [-0.05, 0) is 29.8 Å². The van der Waals surface area contributed by atoms with E-state index in [1.807, 2.05) is 24.3 Å². The highest BCUT2D eigenvalue weighted by Gasteiger charge is 2.28. The molecule has 0 unspecified atom stereocenters. The molecule has 3 rings (SSSR count). The SMILES string of the molecule is CNc1ncccc1C(=O)N1CCN(Cc2cccc(OC)c2)C(=O)C1. The van der Waals surface area contributed by atoms with Gasteiger partial charge in [0.15, 0.2) is 0 Å². The standard InChI is InChI=1S/C19H22N4O3/c1-20-18-16(7-4-8-21-18)19(25)23-10-9-22(17(24)13-23)12-14-5-3-6-15(11-14)26-2/h3-8,11H,9-10,12-13H2,1-2H3,(H,20,21). The van der Waals surface area contributed by atoms with Crippen molar-refractivity contribution in [2.24, 2.45) is 0 Å². The number of nitrogens with one attached hydrogen (secondary N) is 1. The van der Waals surface area contributed by atoms with Gasteiger partial charge in [0.1, 0.15) is 18.1 Å². The van der Waals surface area contributed by atoms with Gasteiger partial charge in [0.25, 0.3) is 5.91 Å². The average Bonchev–Trinajstić information content (AvgIpc) is 2.69. The highest BCUT2D eigenvalue weighted by molar-refractivity contribution is 6.00. The molecule has 1 fully saturated rings. The number of hydrogen-bond acceptors (Lipinski definition) is 5. The first-order chi connectivity index (χ1) is 12.6. The average molecular weight is 354 g/mol. The number of ether oxygens (including phenoxy) is 1. The quantitative estimate of drug-likeness (QED) is 0.883. The predicted octanol–water partition coefficient (Wildman–Crippen LogP) is 1.62. The third kappa shape index (κ3) is 3.77. The van der Waals surface area contributed by atoms with Crippen molar-refractivity contribution in [3.05, 3.63) is 53.7 Å². The van der Waals surface area contributed by atoms with Gasteiger partial charge in [-0.15, -0.1) is 0 Å². The second kappa shape index (κ2) is 7.86. The van der Waals surface area contributed by atoms with E-state index in [1.54, 1.807) is 42.3 Å². The van der Waals surface area contributed by atoms with Crippen molar-refractivity contribution in [2.75, 3.05) is 39.1 Å². The summed E-state index contributed by atoms with van der Waals surface area (Å²) in [6.07, 6.45) is 1.62. The van der Waals surface area contributed by atoms with Crippen LogP contribution in [0.3, 0.4) is 0 Å². The van der Waals surface area contributed by atoms with E-state index in [2.05, 4.69) is 10.3 Å². The number of pyridine rings is 1. The summed E-state index contributed by atoms with van der Waals surface area (Å²) < 4.78 is 5.22. The summed E-state index contributed by atoms with van der Waals surface area (Å²) >= 11 is 0. The van der Waals surface area contributed by atoms with E-state index in [-0.39, 0.29) is 18.4 Å². The normalized spacial score (nSPS) is 14.3. The Kier molecular flexibility index (Phi) is 5.36. The van der Waals surface area contributed by atoms with Crippen LogP contribution in [0.15, 0.2) is 42.6 Å². The van der Waals surface area contributed by atoms with Crippen LogP contribution in [0.5, 0.6) is 5.75 Å². The van der Waals surface area contributed by atoms with E-state index in [4.69, 9.17) is 4.74 Å². The molecule has 1 N–H and O–H groups in total. The van der Waals surface area contributed by atoms with Gasteiger partial charge >= 0.3 is 0 Å². The summed E-state index contributed by atoms with van der Waals surface area (Å²) in [5.74, 6) is 1.03. The van der Waals surface area contributed by atoms with E-state index < -0.39 is 0 Å². The maximum absolute atomic E-state index is 12.7. The van der Waals surface area contributed by atoms with Gasteiger partial charge in [0.05, 0.1) is 12.7 Å². The van der Waals surface area contributed by atoms with E-state index >= 15 is 0 Å². The van der Waals surface area contributed by atoms with Crippen LogP contribution in [0.1, 0.15) is 15.9 Å². The molecule has 0 spiro atoms.